The van der Waals surface area contributed by atoms with Gasteiger partial charge in [0.2, 0.25) is 0 Å². The molecule has 0 aromatic carbocycles. The first-order valence-electron chi connectivity index (χ1n) is 10.9. The summed E-state index contributed by atoms with van der Waals surface area (Å²) in [6.45, 7) is 3.86. The van der Waals surface area contributed by atoms with Gasteiger partial charge in [0.05, 0.1) is 11.0 Å². The fraction of sp³-hybridized carbons (Fsp3) is 0.773. The van der Waals surface area contributed by atoms with Crippen molar-refractivity contribution < 1.29 is 9.90 Å². The molecular formula is C22H34N2O2S. The lowest BCUT2D eigenvalue weighted by Crippen LogP contribution is -2.51. The van der Waals surface area contributed by atoms with E-state index < -0.39 is 0 Å². The molecule has 1 amide bonds. The van der Waals surface area contributed by atoms with Gasteiger partial charge in [0.1, 0.15) is 0 Å². The summed E-state index contributed by atoms with van der Waals surface area (Å²) in [4.78, 5) is 17.7. The maximum Gasteiger partial charge on any atom is 0.261 e. The first-order chi connectivity index (χ1) is 13.1. The van der Waals surface area contributed by atoms with E-state index in [1.54, 1.807) is 11.3 Å². The smallest absolute Gasteiger partial charge is 0.261 e. The Kier molecular flexibility index (Phi) is 6.20. The van der Waals surface area contributed by atoms with Crippen molar-refractivity contribution >= 4 is 17.2 Å². The minimum atomic E-state index is -0.114. The van der Waals surface area contributed by atoms with E-state index in [1.807, 2.05) is 0 Å². The van der Waals surface area contributed by atoms with Crippen molar-refractivity contribution in [2.24, 2.45) is 5.41 Å². The van der Waals surface area contributed by atoms with Crippen molar-refractivity contribution in [3.05, 3.63) is 21.4 Å². The van der Waals surface area contributed by atoms with Crippen molar-refractivity contribution in [3.8, 4) is 0 Å². The first-order valence-corrected chi connectivity index (χ1v) is 11.8. The number of rotatable bonds is 5. The van der Waals surface area contributed by atoms with Crippen molar-refractivity contribution in [1.82, 2.24) is 10.2 Å². The molecule has 0 bridgehead atoms. The van der Waals surface area contributed by atoms with Crippen LogP contribution < -0.4 is 5.32 Å². The Balaban J connectivity index is 1.33. The number of amides is 1. The quantitative estimate of drug-likeness (QED) is 0.805. The van der Waals surface area contributed by atoms with E-state index in [4.69, 9.17) is 0 Å². The standard InChI is InChI=1S/C22H34N2O2S/c25-18-8-12-24(13-9-18)16-22(10-5-11-22)15-23-21(26)20-14-17-6-3-1-2-4-7-19(17)27-20/h14,18,25H,1-13,15-16H2,(H,23,26). The van der Waals surface area contributed by atoms with E-state index >= 15 is 0 Å². The molecular weight excluding hydrogens is 356 g/mol. The van der Waals surface area contributed by atoms with Gasteiger partial charge >= 0.3 is 0 Å². The zero-order valence-electron chi connectivity index (χ0n) is 16.5. The average Bonchev–Trinajstić information content (AvgIpc) is 3.01. The van der Waals surface area contributed by atoms with Gasteiger partial charge in [-0.25, -0.2) is 0 Å². The molecule has 2 fully saturated rings. The summed E-state index contributed by atoms with van der Waals surface area (Å²) in [5.74, 6) is 0.132. The Morgan fingerprint density at radius 1 is 1.15 bits per heavy atom. The van der Waals surface area contributed by atoms with Gasteiger partial charge in [-0.1, -0.05) is 19.3 Å². The highest BCUT2D eigenvalue weighted by Crippen LogP contribution is 2.41. The van der Waals surface area contributed by atoms with Crippen LogP contribution in [0.3, 0.4) is 0 Å². The topological polar surface area (TPSA) is 52.6 Å². The number of aryl methyl sites for hydroxylation is 2. The molecule has 1 saturated carbocycles. The van der Waals surface area contributed by atoms with Crippen molar-refractivity contribution in [2.45, 2.75) is 76.7 Å². The Morgan fingerprint density at radius 3 is 2.59 bits per heavy atom. The Bertz CT molecular complexity index is 619. The van der Waals surface area contributed by atoms with Crippen LogP contribution in [0.25, 0.3) is 0 Å². The van der Waals surface area contributed by atoms with E-state index in [2.05, 4.69) is 16.3 Å². The largest absolute Gasteiger partial charge is 0.393 e. The molecule has 2 aliphatic carbocycles. The summed E-state index contributed by atoms with van der Waals surface area (Å²) in [5.41, 5.74) is 1.68. The minimum absolute atomic E-state index is 0.114. The number of piperidine rings is 1. The van der Waals surface area contributed by atoms with E-state index in [0.29, 0.717) is 0 Å². The molecule has 1 saturated heterocycles. The number of nitrogens with one attached hydrogen (secondary N) is 1. The maximum atomic E-state index is 12.8. The number of aliphatic hydroxyl groups excluding tert-OH is 1. The summed E-state index contributed by atoms with van der Waals surface area (Å²) in [7, 11) is 0. The predicted octanol–water partition coefficient (Wildman–Crippen LogP) is 3.76. The summed E-state index contributed by atoms with van der Waals surface area (Å²) >= 11 is 1.73. The lowest BCUT2D eigenvalue weighted by Gasteiger charge is -2.46. The van der Waals surface area contributed by atoms with E-state index in [-0.39, 0.29) is 17.4 Å². The first kappa shape index (κ1) is 19.4. The summed E-state index contributed by atoms with van der Waals surface area (Å²) in [5, 5.41) is 13.0. The molecule has 150 valence electrons. The summed E-state index contributed by atoms with van der Waals surface area (Å²) in [6, 6.07) is 2.17. The molecule has 1 aromatic rings. The van der Waals surface area contributed by atoms with Crippen LogP contribution in [-0.2, 0) is 12.8 Å². The van der Waals surface area contributed by atoms with Gasteiger partial charge in [-0.2, -0.15) is 0 Å². The lowest BCUT2D eigenvalue weighted by molar-refractivity contribution is 0.0248. The molecule has 1 aromatic heterocycles. The molecule has 27 heavy (non-hydrogen) atoms. The fourth-order valence-corrected chi connectivity index (χ4v) is 6.10. The molecule has 5 heteroatoms. The SMILES string of the molecule is O=C(NCC1(CN2CCC(O)CC2)CCC1)c1cc2c(s1)CCCCCC2. The van der Waals surface area contributed by atoms with Gasteiger partial charge in [0.15, 0.2) is 0 Å². The molecule has 2 N–H and O–H groups in total. The second-order valence-electron chi connectivity index (χ2n) is 9.02. The zero-order chi connectivity index (χ0) is 18.7. The molecule has 0 atom stereocenters. The van der Waals surface area contributed by atoms with E-state index in [1.165, 1.54) is 55.4 Å². The molecule has 1 aliphatic heterocycles. The Hall–Kier alpha value is -0.910. The molecule has 0 spiro atoms. The number of fused-ring (bicyclic) bond motifs is 1. The fourth-order valence-electron chi connectivity index (χ4n) is 4.93. The minimum Gasteiger partial charge on any atom is -0.393 e. The number of thiophene rings is 1. The van der Waals surface area contributed by atoms with Crippen LogP contribution in [0.4, 0.5) is 0 Å². The Labute approximate surface area is 167 Å². The molecule has 0 unspecified atom stereocenters. The highest BCUT2D eigenvalue weighted by atomic mass is 32.1. The number of likely N-dealkylation sites (tertiary alicyclic amines) is 1. The summed E-state index contributed by atoms with van der Waals surface area (Å²) < 4.78 is 0. The van der Waals surface area contributed by atoms with Crippen molar-refractivity contribution in [3.63, 3.8) is 0 Å². The lowest BCUT2D eigenvalue weighted by atomic mass is 9.68. The molecule has 2 heterocycles. The van der Waals surface area contributed by atoms with Gasteiger partial charge in [-0.05, 0) is 63.0 Å². The number of aliphatic hydroxyl groups is 1. The van der Waals surface area contributed by atoms with Crippen LogP contribution in [0.15, 0.2) is 6.07 Å². The number of hydrogen-bond donors (Lipinski definition) is 2. The third-order valence-electron chi connectivity index (χ3n) is 6.87. The van der Waals surface area contributed by atoms with Crippen LogP contribution in [0.1, 0.15) is 77.9 Å². The van der Waals surface area contributed by atoms with Gasteiger partial charge < -0.3 is 15.3 Å². The van der Waals surface area contributed by atoms with Crippen LogP contribution in [-0.4, -0.2) is 48.2 Å². The van der Waals surface area contributed by atoms with Gasteiger partial charge in [0, 0.05) is 36.5 Å². The normalized spacial score (nSPS) is 23.7. The third kappa shape index (κ3) is 4.75. The third-order valence-corrected chi connectivity index (χ3v) is 8.11. The number of carbonyl (C=O) groups is 1. The van der Waals surface area contributed by atoms with Crippen LogP contribution in [0.2, 0.25) is 0 Å². The molecule has 0 radical (unpaired) electrons. The van der Waals surface area contributed by atoms with Gasteiger partial charge in [-0.3, -0.25) is 4.79 Å². The number of hydrogen-bond acceptors (Lipinski definition) is 4. The molecule has 3 aliphatic rings. The van der Waals surface area contributed by atoms with Crippen molar-refractivity contribution in [2.75, 3.05) is 26.2 Å². The van der Waals surface area contributed by atoms with Crippen LogP contribution in [0, 0.1) is 5.41 Å². The maximum absolute atomic E-state index is 12.8. The highest BCUT2D eigenvalue weighted by molar-refractivity contribution is 7.14. The van der Waals surface area contributed by atoms with E-state index in [9.17, 15) is 9.90 Å². The molecule has 4 rings (SSSR count). The number of carbonyl (C=O) groups excluding carboxylic acids is 1. The van der Waals surface area contributed by atoms with Crippen LogP contribution >= 0.6 is 11.3 Å². The zero-order valence-corrected chi connectivity index (χ0v) is 17.3. The van der Waals surface area contributed by atoms with Crippen molar-refractivity contribution in [1.29, 1.82) is 0 Å². The second-order valence-corrected chi connectivity index (χ2v) is 10.2. The summed E-state index contributed by atoms with van der Waals surface area (Å²) in [6.07, 6.45) is 12.9. The van der Waals surface area contributed by atoms with Gasteiger partial charge in [0.25, 0.3) is 5.91 Å². The Morgan fingerprint density at radius 2 is 1.89 bits per heavy atom. The van der Waals surface area contributed by atoms with E-state index in [0.717, 1.165) is 56.7 Å². The second kappa shape index (κ2) is 8.62. The molecule has 4 nitrogen and oxygen atoms in total. The predicted molar refractivity (Wildman–Crippen MR) is 110 cm³/mol. The average molecular weight is 391 g/mol. The van der Waals surface area contributed by atoms with Gasteiger partial charge in [-0.15, -0.1) is 11.3 Å². The van der Waals surface area contributed by atoms with Crippen LogP contribution in [0.5, 0.6) is 0 Å². The number of nitrogens with zero attached hydrogens (tertiary/aromatic N) is 1. The monoisotopic (exact) mass is 390 g/mol. The highest BCUT2D eigenvalue weighted by Gasteiger charge is 2.39.